The van der Waals surface area contributed by atoms with Gasteiger partial charge in [-0.15, -0.1) is 0 Å². The number of thioether (sulfide) groups is 1. The Hall–Kier alpha value is -3.34. The predicted octanol–water partition coefficient (Wildman–Crippen LogP) is 2.25. The highest BCUT2D eigenvalue weighted by Gasteiger charge is 2.30. The molecule has 33 heavy (non-hydrogen) atoms. The lowest BCUT2D eigenvalue weighted by Gasteiger charge is -2.25. The zero-order valence-corrected chi connectivity index (χ0v) is 19.9. The molecule has 1 unspecified atom stereocenters. The number of rotatable bonds is 7. The van der Waals surface area contributed by atoms with Crippen molar-refractivity contribution in [3.63, 3.8) is 0 Å². The second-order valence-corrected chi connectivity index (χ2v) is 8.78. The van der Waals surface area contributed by atoms with Crippen molar-refractivity contribution in [3.05, 3.63) is 40.7 Å². The summed E-state index contributed by atoms with van der Waals surface area (Å²) in [7, 11) is 3.56. The molecule has 2 N–H and O–H groups in total. The third-order valence-corrected chi connectivity index (χ3v) is 6.81. The number of nitrogens with zero attached hydrogens (tertiary/aromatic N) is 6. The van der Waals surface area contributed by atoms with Gasteiger partial charge in [-0.05, 0) is 44.1 Å². The molecular formula is C23H27N7O2S. The Labute approximate surface area is 198 Å². The molecule has 0 bridgehead atoms. The van der Waals surface area contributed by atoms with Crippen molar-refractivity contribution in [2.24, 2.45) is 5.73 Å². The first kappa shape index (κ1) is 24.3. The lowest BCUT2D eigenvalue weighted by molar-refractivity contribution is -0.117. The number of carbonyl (C=O) groups is 1. The largest absolute Gasteiger partial charge is 0.495 e. The number of carbonyl (C=O) groups excluding carboxylic acids is 1. The zero-order valence-electron chi connectivity index (χ0n) is 19.0. The van der Waals surface area contributed by atoms with Crippen LogP contribution in [0, 0.1) is 22.7 Å². The Balaban J connectivity index is 2.15. The molecule has 0 saturated carbocycles. The first-order valence-electron chi connectivity index (χ1n) is 10.7. The first-order chi connectivity index (χ1) is 15.9. The van der Waals surface area contributed by atoms with Gasteiger partial charge >= 0.3 is 0 Å². The Bertz CT molecular complexity index is 1110. The fraction of sp³-hybridized carbons (Fsp3) is 0.435. The summed E-state index contributed by atoms with van der Waals surface area (Å²) in [5, 5.41) is 19.4. The average Bonchev–Trinajstić information content (AvgIpc) is 3.05. The zero-order chi connectivity index (χ0) is 24.0. The summed E-state index contributed by atoms with van der Waals surface area (Å²) in [5.74, 6) is 0.345. The second kappa shape index (κ2) is 11.0. The number of hydrogen-bond donors (Lipinski definition) is 1. The number of primary amides is 1. The fourth-order valence-electron chi connectivity index (χ4n) is 3.89. The molecule has 1 atom stereocenters. The second-order valence-electron chi connectivity index (χ2n) is 7.68. The van der Waals surface area contributed by atoms with Gasteiger partial charge in [0.2, 0.25) is 5.91 Å². The maximum absolute atomic E-state index is 12.4. The summed E-state index contributed by atoms with van der Waals surface area (Å²) in [6.45, 7) is 5.16. The number of nitriles is 2. The van der Waals surface area contributed by atoms with Crippen molar-refractivity contribution < 1.29 is 9.53 Å². The van der Waals surface area contributed by atoms with E-state index in [0.717, 1.165) is 37.8 Å². The van der Waals surface area contributed by atoms with E-state index >= 15 is 0 Å². The molecule has 3 rings (SSSR count). The van der Waals surface area contributed by atoms with Gasteiger partial charge in [-0.1, -0.05) is 18.7 Å². The van der Waals surface area contributed by atoms with Crippen molar-refractivity contribution in [2.45, 2.75) is 30.0 Å². The van der Waals surface area contributed by atoms with Gasteiger partial charge in [0.15, 0.2) is 0 Å². The monoisotopic (exact) mass is 465 g/mol. The summed E-state index contributed by atoms with van der Waals surface area (Å²) < 4.78 is 5.37. The lowest BCUT2D eigenvalue weighted by Crippen LogP contribution is -2.30. The van der Waals surface area contributed by atoms with Crippen molar-refractivity contribution >= 4 is 23.5 Å². The van der Waals surface area contributed by atoms with Gasteiger partial charge in [0.25, 0.3) is 0 Å². The van der Waals surface area contributed by atoms with Gasteiger partial charge in [-0.2, -0.15) is 10.5 Å². The Morgan fingerprint density at radius 2 is 2.03 bits per heavy atom. The highest BCUT2D eigenvalue weighted by molar-refractivity contribution is 8.00. The Morgan fingerprint density at radius 1 is 1.27 bits per heavy atom. The molecule has 1 saturated heterocycles. The highest BCUT2D eigenvalue weighted by atomic mass is 32.2. The van der Waals surface area contributed by atoms with Gasteiger partial charge < -0.3 is 20.3 Å². The van der Waals surface area contributed by atoms with Crippen molar-refractivity contribution in [2.75, 3.05) is 45.2 Å². The van der Waals surface area contributed by atoms with Crippen LogP contribution in [0.5, 0.6) is 5.75 Å². The molecule has 9 nitrogen and oxygen atoms in total. The minimum Gasteiger partial charge on any atom is -0.495 e. The number of pyridine rings is 2. The molecule has 1 amide bonds. The van der Waals surface area contributed by atoms with E-state index in [-0.39, 0.29) is 5.56 Å². The summed E-state index contributed by atoms with van der Waals surface area (Å²) >= 11 is 1.07. The van der Waals surface area contributed by atoms with Crippen molar-refractivity contribution in [1.29, 1.82) is 10.5 Å². The third kappa shape index (κ3) is 5.19. The summed E-state index contributed by atoms with van der Waals surface area (Å²) in [4.78, 5) is 25.8. The quantitative estimate of drug-likeness (QED) is 0.611. The van der Waals surface area contributed by atoms with Gasteiger partial charge in [-0.3, -0.25) is 9.78 Å². The Kier molecular flexibility index (Phi) is 8.10. The minimum atomic E-state index is -0.915. The Morgan fingerprint density at radius 3 is 2.67 bits per heavy atom. The molecule has 3 heterocycles. The lowest BCUT2D eigenvalue weighted by atomic mass is 10.0. The fourth-order valence-corrected chi connectivity index (χ4v) is 4.94. The van der Waals surface area contributed by atoms with E-state index in [0.29, 0.717) is 46.4 Å². The van der Waals surface area contributed by atoms with Crippen LogP contribution in [0.3, 0.4) is 0 Å². The van der Waals surface area contributed by atoms with Crippen LogP contribution >= 0.6 is 11.8 Å². The number of likely N-dealkylation sites (N-methyl/N-ethyl adjacent to an activating group) is 1. The highest BCUT2D eigenvalue weighted by Crippen LogP contribution is 2.41. The van der Waals surface area contributed by atoms with E-state index in [4.69, 9.17) is 15.5 Å². The molecule has 1 aliphatic heterocycles. The molecule has 172 valence electrons. The van der Waals surface area contributed by atoms with Crippen molar-refractivity contribution in [3.8, 4) is 17.9 Å². The standard InChI is InChI=1S/C23H27N7O2S/c1-4-15-16(13-24)22(30-10-6-9-29(2)11-12-30)28-23(17(15)14-25)33-20(21(26)31)19-18(32-3)7-5-8-27-19/h5,7-8,20H,4,6,9-12H2,1-3H3,(H2,26,31). The topological polar surface area (TPSA) is 132 Å². The van der Waals surface area contributed by atoms with Gasteiger partial charge in [0.1, 0.15) is 39.7 Å². The van der Waals surface area contributed by atoms with Gasteiger partial charge in [-0.25, -0.2) is 4.98 Å². The van der Waals surface area contributed by atoms with E-state index in [9.17, 15) is 15.3 Å². The SMILES string of the molecule is CCc1c(C#N)c(SC(C(N)=O)c2ncccc2OC)nc(N2CCCN(C)CC2)c1C#N. The van der Waals surface area contributed by atoms with Crippen LogP contribution in [0.25, 0.3) is 0 Å². The van der Waals surface area contributed by atoms with Crippen LogP contribution in [-0.2, 0) is 11.2 Å². The van der Waals surface area contributed by atoms with Crippen molar-refractivity contribution in [1.82, 2.24) is 14.9 Å². The van der Waals surface area contributed by atoms with E-state index < -0.39 is 11.2 Å². The summed E-state index contributed by atoms with van der Waals surface area (Å²) in [6.07, 6.45) is 2.97. The molecular weight excluding hydrogens is 438 g/mol. The third-order valence-electron chi connectivity index (χ3n) is 5.60. The average molecular weight is 466 g/mol. The number of methoxy groups -OCH3 is 1. The van der Waals surface area contributed by atoms with Crippen LogP contribution in [0.4, 0.5) is 5.82 Å². The minimum absolute atomic E-state index is 0.288. The maximum atomic E-state index is 12.4. The number of ether oxygens (including phenoxy) is 1. The van der Waals surface area contributed by atoms with Gasteiger partial charge in [0, 0.05) is 25.8 Å². The van der Waals surface area contributed by atoms with Crippen LogP contribution in [0.1, 0.15) is 41.0 Å². The number of aromatic nitrogens is 2. The smallest absolute Gasteiger partial charge is 0.237 e. The molecule has 10 heteroatoms. The molecule has 2 aromatic rings. The van der Waals surface area contributed by atoms with E-state index in [1.165, 1.54) is 7.11 Å². The molecule has 0 spiro atoms. The van der Waals surface area contributed by atoms with Crippen LogP contribution in [-0.4, -0.2) is 61.1 Å². The predicted molar refractivity (Wildman–Crippen MR) is 126 cm³/mol. The van der Waals surface area contributed by atoms with E-state index in [1.54, 1.807) is 18.3 Å². The molecule has 2 aromatic heterocycles. The first-order valence-corrected chi connectivity index (χ1v) is 11.6. The maximum Gasteiger partial charge on any atom is 0.237 e. The molecule has 0 radical (unpaired) electrons. The number of anilines is 1. The molecule has 1 aliphatic rings. The summed E-state index contributed by atoms with van der Waals surface area (Å²) in [6, 6.07) is 7.87. The van der Waals surface area contributed by atoms with Crippen LogP contribution in [0.15, 0.2) is 23.4 Å². The molecule has 0 aliphatic carbocycles. The molecule has 1 fully saturated rings. The van der Waals surface area contributed by atoms with Crippen LogP contribution < -0.4 is 15.4 Å². The molecule has 0 aromatic carbocycles. The summed E-state index contributed by atoms with van der Waals surface area (Å²) in [5.41, 5.74) is 7.43. The van der Waals surface area contributed by atoms with Gasteiger partial charge in [0.05, 0.1) is 18.2 Å². The number of hydrogen-bond acceptors (Lipinski definition) is 9. The van der Waals surface area contributed by atoms with E-state index in [1.807, 2.05) is 6.92 Å². The van der Waals surface area contributed by atoms with E-state index in [2.05, 4.69) is 34.0 Å². The number of nitrogens with two attached hydrogens (primary N) is 1. The normalized spacial score (nSPS) is 15.2. The van der Waals surface area contributed by atoms with Crippen LogP contribution in [0.2, 0.25) is 0 Å². The number of amides is 1.